The highest BCUT2D eigenvalue weighted by molar-refractivity contribution is 7.00. The molecule has 590 valence electrons. The number of nitrogens with zero attached hydrogens (tertiary/aromatic N) is 4. The number of fused-ring (bicyclic) bond motifs is 16. The van der Waals surface area contributed by atoms with Gasteiger partial charge < -0.3 is 27.8 Å². The summed E-state index contributed by atoms with van der Waals surface area (Å²) in [5.41, 5.74) is 28.2. The molecule has 0 spiro atoms. The second-order valence-electron chi connectivity index (χ2n) is 40.9. The average Bonchev–Trinajstić information content (AvgIpc) is 1.46. The number of furan rings is 2. The van der Waals surface area contributed by atoms with Crippen LogP contribution in [0.3, 0.4) is 0 Å². The van der Waals surface area contributed by atoms with E-state index in [0.717, 1.165) is 122 Å². The molecule has 0 N–H and O–H groups in total. The molecule has 14 aromatic carbocycles. The number of rotatable bonds is 7. The van der Waals surface area contributed by atoms with Gasteiger partial charge in [-0.25, -0.2) is 0 Å². The van der Waals surface area contributed by atoms with Gasteiger partial charge in [-0.15, -0.1) is 0 Å². The fourth-order valence-corrected chi connectivity index (χ4v) is 18.7. The normalized spacial score (nSPS) is 14.6. The number of aromatic nitrogens is 2. The lowest BCUT2D eigenvalue weighted by molar-refractivity contribution is 0.568. The van der Waals surface area contributed by atoms with Crippen molar-refractivity contribution >= 4 is 145 Å². The minimum Gasteiger partial charge on any atom is -0.452 e. The summed E-state index contributed by atoms with van der Waals surface area (Å²) in [6, 6.07) is 78.2. The Kier molecular flexibility index (Phi) is 14.7. The standard InChI is InChI=1S/C112H107BN4O2/c1-106(2,3)72-32-26-31-66(53-72)67-46-50-93-88(58-67)113-87-49-45-68(69-54-75(109(10,11)12)62-76(55-69)110(13,14)15)59-98(87)117(97-44-30-38-84-82-36-28-42-95(103(82)119-105(84)97)115-91-51-47-73(107(4,5)6)64-85(91)86-65-74(108(7,8)9)48-52-92(86)115)100-61-71(70-56-77(111(16,17)18)63-78(57-70)112(19,20)21)60-99(101(100)113)116(93)96-43-29-37-83-81-35-27-41-94(102(81)118-104(83)96)114-89-39-24-22-33-79(89)80-34-23-25-40-90(80)114/h22-65H,1-21H3/i22D,23D,24D,25D,33D,34D,39D,40D. The van der Waals surface area contributed by atoms with Crippen molar-refractivity contribution in [1.82, 2.24) is 9.13 Å². The average molecular weight is 1560 g/mol. The summed E-state index contributed by atoms with van der Waals surface area (Å²) >= 11 is 0. The van der Waals surface area contributed by atoms with Crippen molar-refractivity contribution in [3.63, 3.8) is 0 Å². The molecule has 0 amide bonds. The maximum atomic E-state index is 9.68. The van der Waals surface area contributed by atoms with Crippen LogP contribution < -0.4 is 26.2 Å². The van der Waals surface area contributed by atoms with Gasteiger partial charge in [-0.3, -0.25) is 0 Å². The molecule has 7 heteroatoms. The number of hydrogen-bond acceptors (Lipinski definition) is 4. The van der Waals surface area contributed by atoms with Gasteiger partial charge in [-0.2, -0.15) is 0 Å². The van der Waals surface area contributed by atoms with Gasteiger partial charge in [-0.05, 0) is 211 Å². The molecule has 6 heterocycles. The van der Waals surface area contributed by atoms with Crippen molar-refractivity contribution in [3.8, 4) is 44.8 Å². The molecule has 0 bridgehead atoms. The molecule has 0 unspecified atom stereocenters. The molecule has 2 aliphatic heterocycles. The van der Waals surface area contributed by atoms with E-state index >= 15 is 0 Å². The Labute approximate surface area is 713 Å². The Bertz CT molecular complexity index is 7600. The van der Waals surface area contributed by atoms with Crippen molar-refractivity contribution in [2.45, 2.75) is 183 Å². The monoisotopic (exact) mass is 1560 g/mol. The van der Waals surface area contributed by atoms with Gasteiger partial charge >= 0.3 is 0 Å². The van der Waals surface area contributed by atoms with Crippen LogP contribution in [0.1, 0.15) is 195 Å². The third kappa shape index (κ3) is 12.2. The first-order valence-corrected chi connectivity index (χ1v) is 42.2. The molecule has 2 aliphatic rings. The summed E-state index contributed by atoms with van der Waals surface area (Å²) in [5, 5.41) is 5.74. The predicted octanol–water partition coefficient (Wildman–Crippen LogP) is 29.8. The van der Waals surface area contributed by atoms with Gasteiger partial charge in [0.2, 0.25) is 0 Å². The number of benzene rings is 14. The molecule has 0 aliphatic carbocycles. The first kappa shape index (κ1) is 66.9. The Morgan fingerprint density at radius 1 is 0.235 bits per heavy atom. The maximum absolute atomic E-state index is 9.68. The quantitative estimate of drug-likeness (QED) is 0.149. The van der Waals surface area contributed by atoms with Crippen molar-refractivity contribution in [2.24, 2.45) is 0 Å². The summed E-state index contributed by atoms with van der Waals surface area (Å²) in [6.45, 7) is 47.8. The molecule has 0 saturated carbocycles. The summed E-state index contributed by atoms with van der Waals surface area (Å²) in [4.78, 5) is 4.95. The minimum atomic E-state index is -0.512. The Morgan fingerprint density at radius 2 is 0.580 bits per heavy atom. The molecule has 4 aromatic heterocycles. The van der Waals surface area contributed by atoms with Crippen molar-refractivity contribution in [3.05, 3.63) is 306 Å². The zero-order valence-corrected chi connectivity index (χ0v) is 72.5. The Hall–Kier alpha value is -12.1. The largest absolute Gasteiger partial charge is 0.452 e. The molecule has 6 nitrogen and oxygen atoms in total. The second kappa shape index (κ2) is 26.2. The van der Waals surface area contributed by atoms with E-state index in [0.29, 0.717) is 27.9 Å². The lowest BCUT2D eigenvalue weighted by Gasteiger charge is -2.44. The third-order valence-corrected chi connectivity index (χ3v) is 25.6. The molecule has 119 heavy (non-hydrogen) atoms. The van der Waals surface area contributed by atoms with E-state index in [-0.39, 0.29) is 59.7 Å². The highest BCUT2D eigenvalue weighted by atomic mass is 16.3. The fraction of sp³-hybridized carbons (Fsp3) is 0.250. The maximum Gasteiger partial charge on any atom is 0.252 e. The van der Waals surface area contributed by atoms with Gasteiger partial charge in [0.25, 0.3) is 6.71 Å². The van der Waals surface area contributed by atoms with Gasteiger partial charge in [0.15, 0.2) is 22.3 Å². The summed E-state index contributed by atoms with van der Waals surface area (Å²) in [5.74, 6) is 0. The third-order valence-electron chi connectivity index (χ3n) is 25.6. The van der Waals surface area contributed by atoms with Crippen molar-refractivity contribution < 1.29 is 19.8 Å². The summed E-state index contributed by atoms with van der Waals surface area (Å²) in [6.07, 6.45) is 0. The predicted molar refractivity (Wildman–Crippen MR) is 511 cm³/mol. The Morgan fingerprint density at radius 3 is 1.03 bits per heavy atom. The van der Waals surface area contributed by atoms with Crippen LogP contribution in [0.2, 0.25) is 0 Å². The van der Waals surface area contributed by atoms with E-state index in [1.165, 1.54) is 49.7 Å². The van der Waals surface area contributed by atoms with E-state index in [4.69, 9.17) is 14.3 Å². The number of hydrogen-bond donors (Lipinski definition) is 0. The van der Waals surface area contributed by atoms with Crippen molar-refractivity contribution in [1.29, 1.82) is 0 Å². The van der Waals surface area contributed by atoms with Gasteiger partial charge in [0.1, 0.15) is 0 Å². The highest BCUT2D eigenvalue weighted by Gasteiger charge is 2.46. The van der Waals surface area contributed by atoms with Crippen LogP contribution in [-0.2, 0) is 37.9 Å². The van der Waals surface area contributed by atoms with E-state index in [2.05, 4.69) is 360 Å². The molecule has 20 rings (SSSR count). The SMILES string of the molecule is [2H]c1c([2H])c([2H])c2c(c1[2H])c1c([2H])c([2H])c([2H])c([2H])c1n2-c1cccc2c1oc1c(N3c4ccc(-c5cccc(C(C)(C)C)c5)cc4B4c5ccc(-c6cc(C(C)(C)C)cc(C(C)(C)C)c6)cc5N(c5cccc6c5oc5c(-n7c8ccc(C(C)(C)C)cc8c8cc(C(C)(C)C)ccc87)cccc56)c5cc(-c6cc(C(C)(C)C)cc(C(C)(C)C)c6)cc3c54)cccc12. The molecule has 0 saturated heterocycles. The second-order valence-corrected chi connectivity index (χ2v) is 40.9. The minimum absolute atomic E-state index is 0.00557. The van der Waals surface area contributed by atoms with E-state index in [9.17, 15) is 5.48 Å². The molecule has 0 radical (unpaired) electrons. The van der Waals surface area contributed by atoms with Crippen LogP contribution in [0.5, 0.6) is 0 Å². The van der Waals surface area contributed by atoms with Crippen LogP contribution >= 0.6 is 0 Å². The molecule has 18 aromatic rings. The highest BCUT2D eigenvalue weighted by Crippen LogP contribution is 2.54. The van der Waals surface area contributed by atoms with E-state index < -0.39 is 55.1 Å². The van der Waals surface area contributed by atoms with Crippen LogP contribution in [0.25, 0.3) is 132 Å². The fourth-order valence-electron chi connectivity index (χ4n) is 18.7. The van der Waals surface area contributed by atoms with E-state index in [1.54, 1.807) is 10.6 Å². The number of para-hydroxylation sites is 6. The molecule has 0 atom stereocenters. The van der Waals surface area contributed by atoms with Crippen LogP contribution in [0.15, 0.2) is 276 Å². The summed E-state index contributed by atoms with van der Waals surface area (Å²) in [7, 11) is 0. The van der Waals surface area contributed by atoms with Crippen LogP contribution in [0.4, 0.5) is 34.1 Å². The first-order chi connectivity index (χ1) is 59.7. The molecular weight excluding hydrogens is 1440 g/mol. The lowest BCUT2D eigenvalue weighted by atomic mass is 9.33. The zero-order chi connectivity index (χ0) is 90.0. The number of anilines is 6. The van der Waals surface area contributed by atoms with Crippen LogP contribution in [-0.4, -0.2) is 15.8 Å². The first-order valence-electron chi connectivity index (χ1n) is 46.2. The van der Waals surface area contributed by atoms with Gasteiger partial charge in [0.05, 0.1) is 55.8 Å². The molecular formula is C112H107BN4O2. The van der Waals surface area contributed by atoms with Gasteiger partial charge in [0, 0.05) is 65.8 Å². The molecule has 0 fully saturated rings. The van der Waals surface area contributed by atoms with Crippen molar-refractivity contribution in [2.75, 3.05) is 9.80 Å². The van der Waals surface area contributed by atoms with Crippen LogP contribution in [0, 0.1) is 0 Å². The summed E-state index contributed by atoms with van der Waals surface area (Å²) < 4.78 is 94.2. The zero-order valence-electron chi connectivity index (χ0n) is 80.5. The Balaban J connectivity index is 0.928. The smallest absolute Gasteiger partial charge is 0.252 e. The lowest BCUT2D eigenvalue weighted by Crippen LogP contribution is -2.61. The van der Waals surface area contributed by atoms with Gasteiger partial charge in [-0.1, -0.05) is 327 Å². The van der Waals surface area contributed by atoms with E-state index in [1.807, 2.05) is 12.1 Å². The topological polar surface area (TPSA) is 42.6 Å².